The van der Waals surface area contributed by atoms with Gasteiger partial charge in [0.25, 0.3) is 0 Å². The fourth-order valence-electron chi connectivity index (χ4n) is 3.09. The van der Waals surface area contributed by atoms with Gasteiger partial charge in [-0.05, 0) is 42.3 Å². The molecule has 2 aromatic heterocycles. The van der Waals surface area contributed by atoms with Gasteiger partial charge in [0.2, 0.25) is 5.91 Å². The zero-order valence-electron chi connectivity index (χ0n) is 16.8. The number of benzene rings is 2. The molecular weight excluding hydrogens is 430 g/mol. The summed E-state index contributed by atoms with van der Waals surface area (Å²) in [5.41, 5.74) is 3.78. The Kier molecular flexibility index (Phi) is 6.64. The van der Waals surface area contributed by atoms with Crippen LogP contribution in [0.3, 0.4) is 0 Å². The van der Waals surface area contributed by atoms with Crippen molar-refractivity contribution in [2.24, 2.45) is 0 Å². The number of rotatable bonds is 7. The number of nitrogens with one attached hydrogen (secondary N) is 1. The molecule has 1 N–H and O–H groups in total. The maximum atomic E-state index is 12.5. The van der Waals surface area contributed by atoms with Crippen LogP contribution in [0, 0.1) is 6.92 Å². The van der Waals surface area contributed by atoms with Crippen LogP contribution < -0.4 is 5.32 Å². The van der Waals surface area contributed by atoms with Crippen LogP contribution in [0.25, 0.3) is 17.1 Å². The van der Waals surface area contributed by atoms with Gasteiger partial charge in [-0.2, -0.15) is 0 Å². The third-order valence-electron chi connectivity index (χ3n) is 4.68. The maximum absolute atomic E-state index is 12.5. The number of para-hydroxylation sites is 1. The first-order valence-electron chi connectivity index (χ1n) is 9.68. The number of hydrogen-bond acceptors (Lipinski definition) is 5. The largest absolute Gasteiger partial charge is 0.351 e. The second kappa shape index (κ2) is 9.76. The summed E-state index contributed by atoms with van der Waals surface area (Å²) in [4.78, 5) is 16.6. The summed E-state index contributed by atoms with van der Waals surface area (Å²) < 4.78 is 1.97. The normalized spacial score (nSPS) is 10.8. The number of carbonyl (C=O) groups excluding carboxylic acids is 1. The molecule has 1 amide bonds. The van der Waals surface area contributed by atoms with E-state index in [4.69, 9.17) is 11.6 Å². The quantitative estimate of drug-likeness (QED) is 0.414. The SMILES string of the molecule is Cc1ccccc1-n1c(SCC(=O)NCc2ccccc2Cl)nnc1-c1cccnc1. The van der Waals surface area contributed by atoms with Crippen molar-refractivity contribution in [3.63, 3.8) is 0 Å². The lowest BCUT2D eigenvalue weighted by molar-refractivity contribution is -0.118. The molecular formula is C23H20ClN5OS. The zero-order chi connectivity index (χ0) is 21.6. The van der Waals surface area contributed by atoms with E-state index < -0.39 is 0 Å². The monoisotopic (exact) mass is 449 g/mol. The maximum Gasteiger partial charge on any atom is 0.230 e. The van der Waals surface area contributed by atoms with Crippen molar-refractivity contribution in [2.75, 3.05) is 5.75 Å². The number of carbonyl (C=O) groups is 1. The molecule has 0 fully saturated rings. The van der Waals surface area contributed by atoms with Crippen LogP contribution in [0.1, 0.15) is 11.1 Å². The lowest BCUT2D eigenvalue weighted by Gasteiger charge is -2.13. The van der Waals surface area contributed by atoms with Gasteiger partial charge in [0, 0.05) is 29.5 Å². The molecule has 0 aliphatic heterocycles. The van der Waals surface area contributed by atoms with E-state index in [1.54, 1.807) is 12.4 Å². The van der Waals surface area contributed by atoms with Gasteiger partial charge in [-0.25, -0.2) is 0 Å². The first-order valence-corrected chi connectivity index (χ1v) is 11.0. The van der Waals surface area contributed by atoms with E-state index >= 15 is 0 Å². The molecule has 156 valence electrons. The molecule has 0 spiro atoms. The summed E-state index contributed by atoms with van der Waals surface area (Å²) in [7, 11) is 0. The first kappa shape index (κ1) is 21.1. The Morgan fingerprint density at radius 2 is 1.87 bits per heavy atom. The third-order valence-corrected chi connectivity index (χ3v) is 5.97. The molecule has 0 saturated heterocycles. The number of pyridine rings is 1. The van der Waals surface area contributed by atoms with E-state index in [0.29, 0.717) is 22.5 Å². The van der Waals surface area contributed by atoms with Crippen molar-refractivity contribution in [2.45, 2.75) is 18.6 Å². The van der Waals surface area contributed by atoms with Crippen LogP contribution in [0.15, 0.2) is 78.2 Å². The Morgan fingerprint density at radius 1 is 1.06 bits per heavy atom. The van der Waals surface area contributed by atoms with Crippen LogP contribution in [0.4, 0.5) is 0 Å². The number of halogens is 1. The molecule has 31 heavy (non-hydrogen) atoms. The van der Waals surface area contributed by atoms with Crippen LogP contribution in [0.2, 0.25) is 5.02 Å². The third kappa shape index (κ3) is 4.95. The molecule has 6 nitrogen and oxygen atoms in total. The van der Waals surface area contributed by atoms with Gasteiger partial charge in [0.1, 0.15) is 0 Å². The van der Waals surface area contributed by atoms with Crippen molar-refractivity contribution in [3.8, 4) is 17.1 Å². The van der Waals surface area contributed by atoms with Gasteiger partial charge in [-0.3, -0.25) is 14.3 Å². The molecule has 0 saturated carbocycles. The number of aryl methyl sites for hydroxylation is 1. The Balaban J connectivity index is 1.54. The van der Waals surface area contributed by atoms with E-state index in [2.05, 4.69) is 20.5 Å². The Morgan fingerprint density at radius 3 is 2.65 bits per heavy atom. The van der Waals surface area contributed by atoms with Crippen molar-refractivity contribution in [1.29, 1.82) is 0 Å². The zero-order valence-corrected chi connectivity index (χ0v) is 18.4. The molecule has 0 radical (unpaired) electrons. The van der Waals surface area contributed by atoms with Gasteiger partial charge >= 0.3 is 0 Å². The fraction of sp³-hybridized carbons (Fsp3) is 0.130. The number of hydrogen-bond donors (Lipinski definition) is 1. The predicted octanol–water partition coefficient (Wildman–Crippen LogP) is 4.70. The summed E-state index contributed by atoms with van der Waals surface area (Å²) in [6, 6.07) is 19.3. The molecule has 8 heteroatoms. The molecule has 4 rings (SSSR count). The highest BCUT2D eigenvalue weighted by Gasteiger charge is 2.18. The lowest BCUT2D eigenvalue weighted by atomic mass is 10.2. The van der Waals surface area contributed by atoms with Gasteiger partial charge in [-0.15, -0.1) is 10.2 Å². The molecule has 0 bridgehead atoms. The van der Waals surface area contributed by atoms with Crippen LogP contribution in [0.5, 0.6) is 0 Å². The van der Waals surface area contributed by atoms with E-state index in [1.165, 1.54) is 11.8 Å². The fourth-order valence-corrected chi connectivity index (χ4v) is 4.07. The standard InChI is InChI=1S/C23H20ClN5OS/c1-16-7-2-5-11-20(16)29-22(18-9-6-12-25-13-18)27-28-23(29)31-15-21(30)26-14-17-8-3-4-10-19(17)24/h2-13H,14-15H2,1H3,(H,26,30). The lowest BCUT2D eigenvalue weighted by Crippen LogP contribution is -2.24. The smallest absolute Gasteiger partial charge is 0.230 e. The molecule has 0 atom stereocenters. The average molecular weight is 450 g/mol. The minimum absolute atomic E-state index is 0.104. The van der Waals surface area contributed by atoms with E-state index in [0.717, 1.165) is 22.4 Å². The van der Waals surface area contributed by atoms with Crippen molar-refractivity contribution >= 4 is 29.3 Å². The van der Waals surface area contributed by atoms with Gasteiger partial charge < -0.3 is 5.32 Å². The second-order valence-electron chi connectivity index (χ2n) is 6.83. The number of nitrogens with zero attached hydrogens (tertiary/aromatic N) is 4. The average Bonchev–Trinajstić information content (AvgIpc) is 3.22. The molecule has 0 unspecified atom stereocenters. The number of amides is 1. The topological polar surface area (TPSA) is 72.7 Å². The van der Waals surface area contributed by atoms with Crippen molar-refractivity contribution in [3.05, 3.63) is 89.2 Å². The molecule has 4 aromatic rings. The van der Waals surface area contributed by atoms with E-state index in [9.17, 15) is 4.79 Å². The number of aromatic nitrogens is 4. The Hall–Kier alpha value is -3.16. The summed E-state index contributed by atoms with van der Waals surface area (Å²) in [6.07, 6.45) is 3.47. The van der Waals surface area contributed by atoms with E-state index in [1.807, 2.05) is 72.2 Å². The molecule has 0 aliphatic rings. The Bertz CT molecular complexity index is 1200. The second-order valence-corrected chi connectivity index (χ2v) is 8.18. The van der Waals surface area contributed by atoms with E-state index in [-0.39, 0.29) is 11.7 Å². The van der Waals surface area contributed by atoms with Gasteiger partial charge in [-0.1, -0.05) is 59.8 Å². The summed E-state index contributed by atoms with van der Waals surface area (Å²) in [6.45, 7) is 2.41. The number of thioether (sulfide) groups is 1. The molecule has 0 aliphatic carbocycles. The van der Waals surface area contributed by atoms with Gasteiger partial charge in [0.05, 0.1) is 11.4 Å². The summed E-state index contributed by atoms with van der Waals surface area (Å²) in [5.74, 6) is 0.787. The van der Waals surface area contributed by atoms with Crippen LogP contribution in [-0.4, -0.2) is 31.4 Å². The van der Waals surface area contributed by atoms with Crippen molar-refractivity contribution in [1.82, 2.24) is 25.1 Å². The Labute approximate surface area is 189 Å². The molecule has 2 heterocycles. The van der Waals surface area contributed by atoms with Crippen LogP contribution >= 0.6 is 23.4 Å². The minimum atomic E-state index is -0.104. The predicted molar refractivity (Wildman–Crippen MR) is 123 cm³/mol. The highest BCUT2D eigenvalue weighted by Crippen LogP contribution is 2.29. The van der Waals surface area contributed by atoms with Crippen LogP contribution in [-0.2, 0) is 11.3 Å². The highest BCUT2D eigenvalue weighted by atomic mass is 35.5. The van der Waals surface area contributed by atoms with Gasteiger partial charge in [0.15, 0.2) is 11.0 Å². The highest BCUT2D eigenvalue weighted by molar-refractivity contribution is 7.99. The van der Waals surface area contributed by atoms with Crippen molar-refractivity contribution < 1.29 is 4.79 Å². The summed E-state index contributed by atoms with van der Waals surface area (Å²) >= 11 is 7.50. The minimum Gasteiger partial charge on any atom is -0.351 e. The molecule has 2 aromatic carbocycles. The first-order chi connectivity index (χ1) is 15.1. The summed E-state index contributed by atoms with van der Waals surface area (Å²) in [5, 5.41) is 12.9.